The van der Waals surface area contributed by atoms with Gasteiger partial charge in [-0.2, -0.15) is 0 Å². The van der Waals surface area contributed by atoms with Gasteiger partial charge in [0.1, 0.15) is 11.5 Å². The molecule has 0 unspecified atom stereocenters. The first-order chi connectivity index (χ1) is 11.7. The van der Waals surface area contributed by atoms with Crippen LogP contribution in [0.15, 0.2) is 41.0 Å². The van der Waals surface area contributed by atoms with E-state index in [-0.39, 0.29) is 6.03 Å². The van der Waals surface area contributed by atoms with Gasteiger partial charge in [-0.05, 0) is 30.3 Å². The van der Waals surface area contributed by atoms with E-state index in [4.69, 9.17) is 20.8 Å². The number of anilines is 1. The van der Waals surface area contributed by atoms with Gasteiger partial charge in [0.05, 0.1) is 25.6 Å². The van der Waals surface area contributed by atoms with E-state index in [1.807, 2.05) is 12.1 Å². The van der Waals surface area contributed by atoms with Gasteiger partial charge in [0, 0.05) is 31.2 Å². The molecule has 0 spiro atoms. The number of methoxy groups -OCH3 is 1. The molecule has 0 aliphatic carbocycles. The number of urea groups is 1. The second kappa shape index (κ2) is 7.59. The molecule has 2 heterocycles. The Balaban J connectivity index is 1.54. The molecule has 1 N–H and O–H groups in total. The van der Waals surface area contributed by atoms with Crippen LogP contribution in [0.4, 0.5) is 10.5 Å². The monoisotopic (exact) mass is 349 g/mol. The number of nitrogens with zero attached hydrogens (tertiary/aromatic N) is 2. The fourth-order valence-electron chi connectivity index (χ4n) is 2.70. The second-order valence-corrected chi connectivity index (χ2v) is 6.05. The molecule has 2 aromatic rings. The highest BCUT2D eigenvalue weighted by Crippen LogP contribution is 2.28. The van der Waals surface area contributed by atoms with Crippen molar-refractivity contribution in [2.24, 2.45) is 0 Å². The number of hydrogen-bond donors (Lipinski definition) is 1. The summed E-state index contributed by atoms with van der Waals surface area (Å²) in [6.45, 7) is 3.71. The Bertz CT molecular complexity index is 682. The normalized spacial score (nSPS) is 15.3. The van der Waals surface area contributed by atoms with Crippen LogP contribution >= 0.6 is 11.6 Å². The van der Waals surface area contributed by atoms with E-state index in [1.165, 1.54) is 0 Å². The van der Waals surface area contributed by atoms with Crippen molar-refractivity contribution in [1.29, 1.82) is 0 Å². The molecule has 1 aromatic carbocycles. The molecule has 6 nitrogen and oxygen atoms in total. The van der Waals surface area contributed by atoms with Crippen LogP contribution in [0.2, 0.25) is 5.02 Å². The summed E-state index contributed by atoms with van der Waals surface area (Å²) in [6.07, 6.45) is 1.68. The maximum Gasteiger partial charge on any atom is 0.322 e. The minimum absolute atomic E-state index is 0.145. The summed E-state index contributed by atoms with van der Waals surface area (Å²) in [5.41, 5.74) is 0.577. The Morgan fingerprint density at radius 3 is 2.75 bits per heavy atom. The van der Waals surface area contributed by atoms with Crippen LogP contribution < -0.4 is 10.1 Å². The van der Waals surface area contributed by atoms with Crippen molar-refractivity contribution in [3.05, 3.63) is 47.4 Å². The fraction of sp³-hybridized carbons (Fsp3) is 0.353. The van der Waals surface area contributed by atoms with Crippen LogP contribution in [0.5, 0.6) is 5.75 Å². The molecule has 1 fully saturated rings. The summed E-state index contributed by atoms with van der Waals surface area (Å²) in [6, 6.07) is 8.85. The van der Waals surface area contributed by atoms with Crippen molar-refractivity contribution < 1.29 is 13.9 Å². The van der Waals surface area contributed by atoms with Crippen molar-refractivity contribution in [2.75, 3.05) is 38.6 Å². The number of hydrogen-bond acceptors (Lipinski definition) is 4. The Morgan fingerprint density at radius 2 is 2.08 bits per heavy atom. The van der Waals surface area contributed by atoms with Crippen molar-refractivity contribution in [3.8, 4) is 5.75 Å². The highest BCUT2D eigenvalue weighted by Gasteiger charge is 2.22. The lowest BCUT2D eigenvalue weighted by molar-refractivity contribution is 0.137. The molecule has 128 valence electrons. The Kier molecular flexibility index (Phi) is 5.27. The summed E-state index contributed by atoms with van der Waals surface area (Å²) < 4.78 is 10.6. The number of furan rings is 1. The van der Waals surface area contributed by atoms with Crippen molar-refractivity contribution >= 4 is 23.3 Å². The molecule has 1 aliphatic rings. The number of ether oxygens (including phenoxy) is 1. The third-order valence-corrected chi connectivity index (χ3v) is 4.26. The van der Waals surface area contributed by atoms with E-state index in [0.29, 0.717) is 29.5 Å². The molecular formula is C17H20ClN3O3. The third-order valence-electron chi connectivity index (χ3n) is 4.02. The highest BCUT2D eigenvalue weighted by molar-refractivity contribution is 6.31. The SMILES string of the molecule is COc1ccc(Cl)cc1NC(=O)N1CCN(Cc2ccco2)CC1. The molecule has 24 heavy (non-hydrogen) atoms. The highest BCUT2D eigenvalue weighted by atomic mass is 35.5. The predicted molar refractivity (Wildman–Crippen MR) is 92.6 cm³/mol. The number of amides is 2. The standard InChI is InChI=1S/C17H20ClN3O3/c1-23-16-5-4-13(18)11-15(16)19-17(22)21-8-6-20(7-9-21)12-14-3-2-10-24-14/h2-5,10-11H,6-9,12H2,1H3,(H,19,22). The van der Waals surface area contributed by atoms with E-state index < -0.39 is 0 Å². The minimum Gasteiger partial charge on any atom is -0.495 e. The molecule has 7 heteroatoms. The Hall–Kier alpha value is -2.18. The molecule has 3 rings (SSSR count). The summed E-state index contributed by atoms with van der Waals surface area (Å²) in [5, 5.41) is 3.42. The van der Waals surface area contributed by atoms with Crippen molar-refractivity contribution in [3.63, 3.8) is 0 Å². The zero-order valence-electron chi connectivity index (χ0n) is 13.5. The average molecular weight is 350 g/mol. The number of halogens is 1. The van der Waals surface area contributed by atoms with Crippen LogP contribution in [-0.2, 0) is 6.54 Å². The second-order valence-electron chi connectivity index (χ2n) is 5.62. The summed E-state index contributed by atoms with van der Waals surface area (Å²) in [7, 11) is 1.56. The quantitative estimate of drug-likeness (QED) is 0.920. The maximum absolute atomic E-state index is 12.4. The molecule has 1 aromatic heterocycles. The van der Waals surface area contributed by atoms with Gasteiger partial charge < -0.3 is 19.4 Å². The van der Waals surface area contributed by atoms with Crippen LogP contribution in [0.3, 0.4) is 0 Å². The zero-order chi connectivity index (χ0) is 16.9. The van der Waals surface area contributed by atoms with Gasteiger partial charge in [0.25, 0.3) is 0 Å². The van der Waals surface area contributed by atoms with Gasteiger partial charge in [-0.1, -0.05) is 11.6 Å². The maximum atomic E-state index is 12.4. The van der Waals surface area contributed by atoms with Gasteiger partial charge >= 0.3 is 6.03 Å². The first-order valence-corrected chi connectivity index (χ1v) is 8.17. The zero-order valence-corrected chi connectivity index (χ0v) is 14.3. The first kappa shape index (κ1) is 16.7. The van der Waals surface area contributed by atoms with E-state index in [0.717, 1.165) is 25.4 Å². The summed E-state index contributed by atoms with van der Waals surface area (Å²) >= 11 is 5.99. The number of rotatable bonds is 4. The smallest absolute Gasteiger partial charge is 0.322 e. The summed E-state index contributed by atoms with van der Waals surface area (Å²) in [4.78, 5) is 16.5. The number of piperazine rings is 1. The average Bonchev–Trinajstić information content (AvgIpc) is 3.09. The van der Waals surface area contributed by atoms with Gasteiger partial charge in [-0.3, -0.25) is 4.90 Å². The molecule has 0 radical (unpaired) electrons. The van der Waals surface area contributed by atoms with Crippen LogP contribution in [0.1, 0.15) is 5.76 Å². The van der Waals surface area contributed by atoms with Gasteiger partial charge in [0.15, 0.2) is 0 Å². The number of carbonyl (C=O) groups is 1. The molecule has 2 amide bonds. The minimum atomic E-state index is -0.145. The Labute approximate surface area is 145 Å². The Morgan fingerprint density at radius 1 is 1.29 bits per heavy atom. The number of carbonyl (C=O) groups excluding carboxylic acids is 1. The van der Waals surface area contributed by atoms with Gasteiger partial charge in [-0.15, -0.1) is 0 Å². The van der Waals surface area contributed by atoms with E-state index in [1.54, 1.807) is 36.5 Å². The molecular weight excluding hydrogens is 330 g/mol. The lowest BCUT2D eigenvalue weighted by atomic mass is 10.3. The van der Waals surface area contributed by atoms with Gasteiger partial charge in [0.2, 0.25) is 0 Å². The molecule has 0 saturated carbocycles. The van der Waals surface area contributed by atoms with E-state index in [2.05, 4.69) is 10.2 Å². The van der Waals surface area contributed by atoms with Crippen molar-refractivity contribution in [2.45, 2.75) is 6.54 Å². The van der Waals surface area contributed by atoms with E-state index in [9.17, 15) is 4.79 Å². The molecule has 0 bridgehead atoms. The van der Waals surface area contributed by atoms with Crippen LogP contribution in [-0.4, -0.2) is 49.1 Å². The lowest BCUT2D eigenvalue weighted by Gasteiger charge is -2.34. The first-order valence-electron chi connectivity index (χ1n) is 7.80. The molecule has 1 aliphatic heterocycles. The van der Waals surface area contributed by atoms with E-state index >= 15 is 0 Å². The number of benzene rings is 1. The number of nitrogens with one attached hydrogen (secondary N) is 1. The molecule has 1 saturated heterocycles. The summed E-state index contributed by atoms with van der Waals surface area (Å²) in [5.74, 6) is 1.53. The predicted octanol–water partition coefficient (Wildman–Crippen LogP) is 3.29. The van der Waals surface area contributed by atoms with Crippen LogP contribution in [0.25, 0.3) is 0 Å². The topological polar surface area (TPSA) is 58.0 Å². The largest absolute Gasteiger partial charge is 0.495 e. The van der Waals surface area contributed by atoms with Crippen LogP contribution in [0, 0.1) is 0 Å². The fourth-order valence-corrected chi connectivity index (χ4v) is 2.88. The van der Waals surface area contributed by atoms with Gasteiger partial charge in [-0.25, -0.2) is 4.79 Å². The lowest BCUT2D eigenvalue weighted by Crippen LogP contribution is -2.49. The molecule has 0 atom stereocenters. The third kappa shape index (κ3) is 4.01. The van der Waals surface area contributed by atoms with Crippen molar-refractivity contribution in [1.82, 2.24) is 9.80 Å².